The molecule has 1 aromatic carbocycles. The predicted octanol–water partition coefficient (Wildman–Crippen LogP) is 3.78. The molecule has 2 N–H and O–H groups in total. The molecule has 0 spiro atoms. The molecular formula is C20H19BrN5O+. The summed E-state index contributed by atoms with van der Waals surface area (Å²) in [6.45, 7) is 2.70. The molecule has 6 nitrogen and oxygen atoms in total. The minimum atomic E-state index is 0.148. The van der Waals surface area contributed by atoms with Gasteiger partial charge in [-0.3, -0.25) is 5.21 Å². The molecule has 0 radical (unpaired) electrons. The van der Waals surface area contributed by atoms with Crippen LogP contribution in [-0.4, -0.2) is 19.8 Å². The van der Waals surface area contributed by atoms with E-state index in [0.717, 1.165) is 31.9 Å². The lowest BCUT2D eigenvalue weighted by molar-refractivity contribution is -0.905. The van der Waals surface area contributed by atoms with E-state index >= 15 is 0 Å². The first-order chi connectivity index (χ1) is 13.1. The maximum Gasteiger partial charge on any atom is 0.227 e. The van der Waals surface area contributed by atoms with E-state index in [2.05, 4.69) is 45.4 Å². The Morgan fingerprint density at radius 3 is 2.81 bits per heavy atom. The van der Waals surface area contributed by atoms with Crippen LogP contribution in [0.3, 0.4) is 0 Å². The van der Waals surface area contributed by atoms with E-state index < -0.39 is 0 Å². The highest BCUT2D eigenvalue weighted by Gasteiger charge is 2.16. The van der Waals surface area contributed by atoms with E-state index in [1.54, 1.807) is 29.2 Å². The fourth-order valence-electron chi connectivity index (χ4n) is 3.02. The Kier molecular flexibility index (Phi) is 4.77. The summed E-state index contributed by atoms with van der Waals surface area (Å²) in [6, 6.07) is 16.1. The molecule has 0 saturated heterocycles. The van der Waals surface area contributed by atoms with Crippen molar-refractivity contribution in [2.75, 3.05) is 5.32 Å². The number of nitrogens with one attached hydrogen (secondary N) is 1. The number of hydrogen-bond acceptors (Lipinski definition) is 4. The number of fused-ring (bicyclic) bond motifs is 1. The summed E-state index contributed by atoms with van der Waals surface area (Å²) >= 11 is 3.54. The zero-order valence-electron chi connectivity index (χ0n) is 14.7. The molecule has 27 heavy (non-hydrogen) atoms. The van der Waals surface area contributed by atoms with Crippen molar-refractivity contribution in [2.24, 2.45) is 0 Å². The molecule has 4 aromatic rings. The van der Waals surface area contributed by atoms with Crippen LogP contribution < -0.4 is 10.0 Å². The van der Waals surface area contributed by atoms with Gasteiger partial charge in [0.25, 0.3) is 0 Å². The third-order valence-electron chi connectivity index (χ3n) is 4.51. The van der Waals surface area contributed by atoms with Gasteiger partial charge in [-0.15, -0.1) is 0 Å². The molecular weight excluding hydrogens is 406 g/mol. The first-order valence-electron chi connectivity index (χ1n) is 8.64. The zero-order chi connectivity index (χ0) is 18.8. The summed E-state index contributed by atoms with van der Waals surface area (Å²) in [5, 5.41) is 17.4. The van der Waals surface area contributed by atoms with E-state index in [0.29, 0.717) is 6.54 Å². The van der Waals surface area contributed by atoms with Gasteiger partial charge in [-0.05, 0) is 27.6 Å². The van der Waals surface area contributed by atoms with Crippen molar-refractivity contribution in [3.63, 3.8) is 0 Å². The number of anilines is 1. The van der Waals surface area contributed by atoms with Crippen LogP contribution in [0.5, 0.6) is 0 Å². The molecule has 3 heterocycles. The minimum absolute atomic E-state index is 0.148. The van der Waals surface area contributed by atoms with Gasteiger partial charge in [-0.1, -0.05) is 37.3 Å². The van der Waals surface area contributed by atoms with Gasteiger partial charge >= 0.3 is 0 Å². The Morgan fingerprint density at radius 1 is 1.22 bits per heavy atom. The second-order valence-corrected chi connectivity index (χ2v) is 7.23. The lowest BCUT2D eigenvalue weighted by Gasteiger charge is -2.15. The SMILES string of the molecule is CC(c1ccccc1)c1cc(NCc2ccc[n+](O)c2)n2ncc(Br)c2n1. The summed E-state index contributed by atoms with van der Waals surface area (Å²) in [7, 11) is 0. The van der Waals surface area contributed by atoms with Crippen LogP contribution in [-0.2, 0) is 6.54 Å². The van der Waals surface area contributed by atoms with Gasteiger partial charge in [-0.2, -0.15) is 9.61 Å². The van der Waals surface area contributed by atoms with Gasteiger partial charge in [0, 0.05) is 34.9 Å². The maximum absolute atomic E-state index is 9.58. The standard InChI is InChI=1S/C20H19BrN5O/c1-14(16-7-3-2-4-8-16)18-10-19(26-20(24-18)17(21)12-23-26)22-11-15-6-5-9-25(27)13-15/h2-10,12-14,22,27H,11H2,1H3/q+1. The van der Waals surface area contributed by atoms with Crippen molar-refractivity contribution >= 4 is 27.4 Å². The van der Waals surface area contributed by atoms with Crippen molar-refractivity contribution in [1.29, 1.82) is 0 Å². The predicted molar refractivity (Wildman–Crippen MR) is 106 cm³/mol. The van der Waals surface area contributed by atoms with Crippen molar-refractivity contribution in [3.05, 3.63) is 88.4 Å². The van der Waals surface area contributed by atoms with E-state index in [1.807, 2.05) is 30.3 Å². The van der Waals surface area contributed by atoms with E-state index in [1.165, 1.54) is 5.56 Å². The van der Waals surface area contributed by atoms with Gasteiger partial charge in [-0.25, -0.2) is 4.98 Å². The molecule has 3 aromatic heterocycles. The van der Waals surface area contributed by atoms with Crippen LogP contribution in [0.4, 0.5) is 5.82 Å². The molecule has 0 aliphatic rings. The monoisotopic (exact) mass is 424 g/mol. The number of nitrogens with zero attached hydrogens (tertiary/aromatic N) is 4. The van der Waals surface area contributed by atoms with Crippen LogP contribution >= 0.6 is 15.9 Å². The normalized spacial score (nSPS) is 12.2. The number of halogens is 1. The third kappa shape index (κ3) is 3.64. The van der Waals surface area contributed by atoms with Gasteiger partial charge in [0.1, 0.15) is 5.82 Å². The lowest BCUT2D eigenvalue weighted by atomic mass is 9.97. The Bertz CT molecular complexity index is 1080. The average molecular weight is 425 g/mol. The molecule has 0 aliphatic carbocycles. The van der Waals surface area contributed by atoms with Crippen LogP contribution in [0.1, 0.15) is 29.7 Å². The number of aromatic nitrogens is 4. The second-order valence-electron chi connectivity index (χ2n) is 6.37. The summed E-state index contributed by atoms with van der Waals surface area (Å²) in [5.74, 6) is 0.992. The number of hydrogen-bond donors (Lipinski definition) is 2. The molecule has 136 valence electrons. The van der Waals surface area contributed by atoms with Crippen LogP contribution in [0.25, 0.3) is 5.65 Å². The van der Waals surface area contributed by atoms with Crippen molar-refractivity contribution in [2.45, 2.75) is 19.4 Å². The van der Waals surface area contributed by atoms with Crippen molar-refractivity contribution in [3.8, 4) is 0 Å². The molecule has 7 heteroatoms. The Morgan fingerprint density at radius 2 is 2.04 bits per heavy atom. The highest BCUT2D eigenvalue weighted by atomic mass is 79.9. The first-order valence-corrected chi connectivity index (χ1v) is 9.43. The van der Waals surface area contributed by atoms with Gasteiger partial charge < -0.3 is 5.32 Å². The molecule has 0 saturated carbocycles. The summed E-state index contributed by atoms with van der Waals surface area (Å²) < 4.78 is 3.67. The van der Waals surface area contributed by atoms with Crippen LogP contribution in [0, 0.1) is 0 Å². The smallest absolute Gasteiger partial charge is 0.227 e. The topological polar surface area (TPSA) is 66.3 Å². The molecule has 0 bridgehead atoms. The summed E-state index contributed by atoms with van der Waals surface area (Å²) in [4.78, 5) is 4.81. The Labute approximate surface area is 165 Å². The van der Waals surface area contributed by atoms with Gasteiger partial charge in [0.15, 0.2) is 5.65 Å². The molecule has 0 amide bonds. The maximum atomic E-state index is 9.58. The highest BCUT2D eigenvalue weighted by molar-refractivity contribution is 9.10. The molecule has 1 atom stereocenters. The zero-order valence-corrected chi connectivity index (χ0v) is 16.3. The van der Waals surface area contributed by atoms with Crippen molar-refractivity contribution < 1.29 is 9.94 Å². The largest absolute Gasteiger partial charge is 0.366 e. The number of rotatable bonds is 5. The second kappa shape index (κ2) is 7.36. The Hall–Kier alpha value is -2.93. The van der Waals surface area contributed by atoms with Crippen LogP contribution in [0.15, 0.2) is 71.6 Å². The number of pyridine rings is 1. The van der Waals surface area contributed by atoms with Gasteiger partial charge in [0.2, 0.25) is 12.4 Å². The van der Waals surface area contributed by atoms with Crippen LogP contribution in [0.2, 0.25) is 0 Å². The average Bonchev–Trinajstić information content (AvgIpc) is 3.07. The lowest BCUT2D eigenvalue weighted by Crippen LogP contribution is -2.29. The molecule has 4 rings (SSSR count). The Balaban J connectivity index is 1.71. The van der Waals surface area contributed by atoms with E-state index in [9.17, 15) is 5.21 Å². The van der Waals surface area contributed by atoms with Gasteiger partial charge in [0.05, 0.1) is 16.4 Å². The fourth-order valence-corrected chi connectivity index (χ4v) is 3.37. The van der Waals surface area contributed by atoms with E-state index in [4.69, 9.17) is 4.98 Å². The number of benzene rings is 1. The molecule has 0 fully saturated rings. The van der Waals surface area contributed by atoms with Crippen molar-refractivity contribution in [1.82, 2.24) is 14.6 Å². The van der Waals surface area contributed by atoms with E-state index in [-0.39, 0.29) is 5.92 Å². The fraction of sp³-hybridized carbons (Fsp3) is 0.150. The summed E-state index contributed by atoms with van der Waals surface area (Å²) in [6.07, 6.45) is 4.99. The molecule has 0 aliphatic heterocycles. The molecule has 1 unspecified atom stereocenters. The quantitative estimate of drug-likeness (QED) is 0.377. The third-order valence-corrected chi connectivity index (χ3v) is 5.07. The minimum Gasteiger partial charge on any atom is -0.366 e. The summed E-state index contributed by atoms with van der Waals surface area (Å²) in [5.41, 5.74) is 3.89. The first kappa shape index (κ1) is 17.5. The highest BCUT2D eigenvalue weighted by Crippen LogP contribution is 2.27.